The number of rotatable bonds is 2. The van der Waals surface area contributed by atoms with E-state index in [4.69, 9.17) is 15.0 Å². The molecule has 0 radical (unpaired) electrons. The molecule has 0 amide bonds. The average molecular weight is 244 g/mol. The maximum Gasteiger partial charge on any atom is 0.503 e. The van der Waals surface area contributed by atoms with Gasteiger partial charge in [0.25, 0.3) is 0 Å². The lowest BCUT2D eigenvalue weighted by Crippen LogP contribution is -2.17. The number of carbonyl (C=O) groups is 1. The van der Waals surface area contributed by atoms with Gasteiger partial charge < -0.3 is 10.2 Å². The van der Waals surface area contributed by atoms with Crippen LogP contribution in [0.25, 0.3) is 0 Å². The Balaban J connectivity index is 0.000000487. The number of carboxylic acid groups (broad SMARTS) is 2. The number of nitrogens with zero attached hydrogens (tertiary/aromatic N) is 2. The molecular weight excluding hydrogens is 228 g/mol. The highest BCUT2D eigenvalue weighted by Gasteiger charge is 2.19. The molecule has 0 saturated carbocycles. The topological polar surface area (TPSA) is 83.3 Å². The number of hydrogen-bond acceptors (Lipinski definition) is 4. The highest BCUT2D eigenvalue weighted by atomic mass is 32.1. The molecule has 0 aliphatic heterocycles. The summed E-state index contributed by atoms with van der Waals surface area (Å²) in [6.45, 7) is 6.49. The molecular formula is C10H16N2O3S. The van der Waals surface area contributed by atoms with Crippen LogP contribution in [0.2, 0.25) is 0 Å². The Labute approximate surface area is 100.0 Å². The van der Waals surface area contributed by atoms with Crippen LogP contribution in [0.3, 0.4) is 0 Å². The molecule has 6 heteroatoms. The van der Waals surface area contributed by atoms with E-state index in [-0.39, 0.29) is 5.41 Å². The van der Waals surface area contributed by atoms with Crippen LogP contribution in [0.4, 0.5) is 4.79 Å². The molecule has 0 aliphatic carbocycles. The monoisotopic (exact) mass is 244 g/mol. The minimum Gasteiger partial charge on any atom is -0.450 e. The molecule has 0 aliphatic rings. The molecule has 0 bridgehead atoms. The molecule has 5 nitrogen and oxygen atoms in total. The van der Waals surface area contributed by atoms with Crippen LogP contribution in [0.1, 0.15) is 32.9 Å². The van der Waals surface area contributed by atoms with Crippen molar-refractivity contribution in [1.82, 2.24) is 9.97 Å². The van der Waals surface area contributed by atoms with Crippen molar-refractivity contribution >= 4 is 18.8 Å². The first-order chi connectivity index (χ1) is 7.29. The molecule has 1 aromatic heterocycles. The molecule has 1 aromatic rings. The van der Waals surface area contributed by atoms with Gasteiger partial charge in [0.05, 0.1) is 5.69 Å². The van der Waals surface area contributed by atoms with Gasteiger partial charge in [0, 0.05) is 11.6 Å². The summed E-state index contributed by atoms with van der Waals surface area (Å²) < 4.78 is 0. The average Bonchev–Trinajstić information content (AvgIpc) is 2.17. The second kappa shape index (κ2) is 6.32. The Morgan fingerprint density at radius 1 is 1.50 bits per heavy atom. The maximum atomic E-state index is 8.56. The van der Waals surface area contributed by atoms with Gasteiger partial charge in [-0.1, -0.05) is 20.8 Å². The Hall–Kier alpha value is -1.30. The van der Waals surface area contributed by atoms with Gasteiger partial charge in [-0.05, 0) is 12.5 Å². The normalized spacial score (nSPS) is 10.2. The smallest absolute Gasteiger partial charge is 0.450 e. The van der Waals surface area contributed by atoms with Crippen molar-refractivity contribution in [2.75, 3.05) is 0 Å². The Morgan fingerprint density at radius 2 is 2.00 bits per heavy atom. The van der Waals surface area contributed by atoms with Crippen LogP contribution in [0.15, 0.2) is 17.4 Å². The summed E-state index contributed by atoms with van der Waals surface area (Å²) in [7, 11) is 0. The fourth-order valence-corrected chi connectivity index (χ4v) is 1.08. The first-order valence-electron chi connectivity index (χ1n) is 4.74. The van der Waals surface area contributed by atoms with Gasteiger partial charge >= 0.3 is 6.16 Å². The lowest BCUT2D eigenvalue weighted by molar-refractivity contribution is 0.137. The van der Waals surface area contributed by atoms with Crippen molar-refractivity contribution in [3.05, 3.63) is 18.0 Å². The third-order valence-electron chi connectivity index (χ3n) is 2.22. The lowest BCUT2D eigenvalue weighted by Gasteiger charge is -2.21. The van der Waals surface area contributed by atoms with Gasteiger partial charge in [0.15, 0.2) is 5.16 Å². The molecule has 0 atom stereocenters. The maximum absolute atomic E-state index is 8.56. The molecule has 0 unspecified atom stereocenters. The van der Waals surface area contributed by atoms with E-state index in [2.05, 4.69) is 43.4 Å². The Morgan fingerprint density at radius 3 is 2.38 bits per heavy atom. The van der Waals surface area contributed by atoms with Gasteiger partial charge in [-0.3, -0.25) is 0 Å². The third-order valence-corrected chi connectivity index (χ3v) is 2.44. The minimum atomic E-state index is -1.83. The van der Waals surface area contributed by atoms with Crippen LogP contribution in [0, 0.1) is 0 Å². The van der Waals surface area contributed by atoms with Crippen molar-refractivity contribution in [3.63, 3.8) is 0 Å². The molecule has 0 spiro atoms. The minimum absolute atomic E-state index is 0.125. The van der Waals surface area contributed by atoms with Crippen molar-refractivity contribution in [2.45, 2.75) is 37.8 Å². The highest BCUT2D eigenvalue weighted by Crippen LogP contribution is 2.24. The van der Waals surface area contributed by atoms with E-state index in [0.29, 0.717) is 5.16 Å². The SMILES string of the molecule is CCC(C)(C)c1ccnc(S)n1.O=C(O)O. The molecule has 90 valence electrons. The molecule has 1 rings (SSSR count). The predicted molar refractivity (Wildman–Crippen MR) is 63.3 cm³/mol. The van der Waals surface area contributed by atoms with Crippen LogP contribution in [0.5, 0.6) is 0 Å². The summed E-state index contributed by atoms with van der Waals surface area (Å²) in [5.74, 6) is 0. The highest BCUT2D eigenvalue weighted by molar-refractivity contribution is 7.80. The van der Waals surface area contributed by atoms with Crippen molar-refractivity contribution in [1.29, 1.82) is 0 Å². The summed E-state index contributed by atoms with van der Waals surface area (Å²) in [6.07, 6.45) is 0.985. The molecule has 0 fully saturated rings. The largest absolute Gasteiger partial charge is 0.503 e. The molecule has 16 heavy (non-hydrogen) atoms. The van der Waals surface area contributed by atoms with E-state index < -0.39 is 6.16 Å². The van der Waals surface area contributed by atoms with E-state index in [1.807, 2.05) is 6.07 Å². The van der Waals surface area contributed by atoms with Crippen LogP contribution < -0.4 is 0 Å². The predicted octanol–water partition coefficient (Wildman–Crippen LogP) is 2.68. The first-order valence-corrected chi connectivity index (χ1v) is 5.18. The quantitative estimate of drug-likeness (QED) is 0.550. The van der Waals surface area contributed by atoms with Gasteiger partial charge in [-0.15, -0.1) is 12.6 Å². The van der Waals surface area contributed by atoms with Crippen molar-refractivity contribution < 1.29 is 15.0 Å². The number of hydrogen-bond donors (Lipinski definition) is 3. The molecule has 1 heterocycles. The van der Waals surface area contributed by atoms with Crippen LogP contribution >= 0.6 is 12.6 Å². The standard InChI is InChI=1S/C9H14N2S.CH2O3/c1-4-9(2,3)7-5-6-10-8(12)11-7;2-1(3)4/h5-6H,4H2,1-3H3,(H,10,11,12);(H2,2,3,4). The zero-order valence-corrected chi connectivity index (χ0v) is 10.4. The van der Waals surface area contributed by atoms with E-state index in [0.717, 1.165) is 12.1 Å². The number of thiol groups is 1. The van der Waals surface area contributed by atoms with E-state index in [1.54, 1.807) is 6.20 Å². The summed E-state index contributed by atoms with van der Waals surface area (Å²) in [5, 5.41) is 14.5. The van der Waals surface area contributed by atoms with Gasteiger partial charge in [0.1, 0.15) is 0 Å². The van der Waals surface area contributed by atoms with Gasteiger partial charge in [-0.2, -0.15) is 0 Å². The van der Waals surface area contributed by atoms with Crippen LogP contribution in [-0.2, 0) is 5.41 Å². The van der Waals surface area contributed by atoms with E-state index in [1.165, 1.54) is 0 Å². The molecule has 0 aromatic carbocycles. The van der Waals surface area contributed by atoms with Gasteiger partial charge in [0.2, 0.25) is 0 Å². The van der Waals surface area contributed by atoms with Gasteiger partial charge in [-0.25, -0.2) is 14.8 Å². The summed E-state index contributed by atoms with van der Waals surface area (Å²) in [6, 6.07) is 1.95. The van der Waals surface area contributed by atoms with E-state index in [9.17, 15) is 0 Å². The second-order valence-electron chi connectivity index (χ2n) is 3.76. The fraction of sp³-hybridized carbons (Fsp3) is 0.500. The fourth-order valence-electron chi connectivity index (χ4n) is 0.906. The summed E-state index contributed by atoms with van der Waals surface area (Å²) >= 11 is 4.10. The summed E-state index contributed by atoms with van der Waals surface area (Å²) in [4.78, 5) is 16.8. The van der Waals surface area contributed by atoms with Crippen molar-refractivity contribution in [3.8, 4) is 0 Å². The zero-order valence-electron chi connectivity index (χ0n) is 9.51. The zero-order chi connectivity index (χ0) is 12.8. The Bertz CT molecular complexity index is 352. The first kappa shape index (κ1) is 14.7. The third kappa shape index (κ3) is 5.55. The lowest BCUT2D eigenvalue weighted by atomic mass is 9.86. The second-order valence-corrected chi connectivity index (χ2v) is 4.16. The molecule has 0 saturated heterocycles. The Kier molecular flexibility index (Phi) is 5.81. The van der Waals surface area contributed by atoms with Crippen LogP contribution in [-0.4, -0.2) is 26.3 Å². The summed E-state index contributed by atoms with van der Waals surface area (Å²) in [5.41, 5.74) is 1.19. The van der Waals surface area contributed by atoms with E-state index >= 15 is 0 Å². The number of aromatic nitrogens is 2. The van der Waals surface area contributed by atoms with Crippen molar-refractivity contribution in [2.24, 2.45) is 0 Å². The molecule has 2 N–H and O–H groups in total.